The second kappa shape index (κ2) is 3.31. The lowest BCUT2D eigenvalue weighted by Crippen LogP contribution is -2.04. The standard InChI is InChI=1S/C9H9ClO2S/c10-8-6-4-2-1-3-5(6)7(13-8)9(11)12/h1-4H2,(H,11,12). The van der Waals surface area contributed by atoms with Gasteiger partial charge in [-0.2, -0.15) is 0 Å². The van der Waals surface area contributed by atoms with Crippen molar-refractivity contribution in [2.45, 2.75) is 25.7 Å². The molecule has 2 nitrogen and oxygen atoms in total. The predicted molar refractivity (Wildman–Crippen MR) is 52.9 cm³/mol. The second-order valence-corrected chi connectivity index (χ2v) is 4.80. The molecule has 13 heavy (non-hydrogen) atoms. The van der Waals surface area contributed by atoms with Crippen LogP contribution in [0.2, 0.25) is 4.34 Å². The minimum Gasteiger partial charge on any atom is -0.477 e. The number of carbonyl (C=O) groups is 1. The Balaban J connectivity index is 2.53. The lowest BCUT2D eigenvalue weighted by molar-refractivity contribution is 0.0701. The van der Waals surface area contributed by atoms with E-state index in [1.54, 1.807) is 0 Å². The quantitative estimate of drug-likeness (QED) is 0.784. The molecular formula is C9H9ClO2S. The highest BCUT2D eigenvalue weighted by atomic mass is 35.5. The topological polar surface area (TPSA) is 37.3 Å². The van der Waals surface area contributed by atoms with Crippen molar-refractivity contribution in [2.24, 2.45) is 0 Å². The highest BCUT2D eigenvalue weighted by Gasteiger charge is 2.23. The van der Waals surface area contributed by atoms with E-state index in [9.17, 15) is 4.79 Å². The van der Waals surface area contributed by atoms with Gasteiger partial charge in [0.1, 0.15) is 4.88 Å². The van der Waals surface area contributed by atoms with Crippen LogP contribution in [0.5, 0.6) is 0 Å². The molecule has 0 radical (unpaired) electrons. The van der Waals surface area contributed by atoms with E-state index >= 15 is 0 Å². The van der Waals surface area contributed by atoms with Gasteiger partial charge in [0.25, 0.3) is 0 Å². The summed E-state index contributed by atoms with van der Waals surface area (Å²) in [7, 11) is 0. The zero-order chi connectivity index (χ0) is 9.42. The Morgan fingerprint density at radius 3 is 2.54 bits per heavy atom. The summed E-state index contributed by atoms with van der Waals surface area (Å²) in [6.45, 7) is 0. The van der Waals surface area contributed by atoms with Crippen molar-refractivity contribution in [2.75, 3.05) is 0 Å². The van der Waals surface area contributed by atoms with E-state index in [2.05, 4.69) is 0 Å². The van der Waals surface area contributed by atoms with E-state index < -0.39 is 5.97 Å². The predicted octanol–water partition coefficient (Wildman–Crippen LogP) is 2.98. The van der Waals surface area contributed by atoms with Crippen LogP contribution in [0.4, 0.5) is 0 Å². The molecule has 4 heteroatoms. The number of rotatable bonds is 1. The minimum absolute atomic E-state index is 0.444. The van der Waals surface area contributed by atoms with Crippen LogP contribution in [0.3, 0.4) is 0 Å². The molecule has 0 saturated heterocycles. The molecule has 0 bridgehead atoms. The molecular weight excluding hydrogens is 208 g/mol. The summed E-state index contributed by atoms with van der Waals surface area (Å²) < 4.78 is 0.673. The fourth-order valence-electron chi connectivity index (χ4n) is 1.76. The van der Waals surface area contributed by atoms with Crippen molar-refractivity contribution >= 4 is 28.9 Å². The molecule has 0 atom stereocenters. The van der Waals surface area contributed by atoms with Gasteiger partial charge in [-0.15, -0.1) is 11.3 Å². The molecule has 1 N–H and O–H groups in total. The first-order valence-electron chi connectivity index (χ1n) is 4.23. The molecule has 1 aromatic heterocycles. The van der Waals surface area contributed by atoms with Gasteiger partial charge < -0.3 is 5.11 Å². The van der Waals surface area contributed by atoms with E-state index in [-0.39, 0.29) is 0 Å². The van der Waals surface area contributed by atoms with E-state index in [1.807, 2.05) is 0 Å². The Hall–Kier alpha value is -0.540. The first-order chi connectivity index (χ1) is 6.20. The zero-order valence-corrected chi connectivity index (χ0v) is 8.54. The van der Waals surface area contributed by atoms with E-state index in [1.165, 1.54) is 11.3 Å². The molecule has 0 amide bonds. The molecule has 0 fully saturated rings. The lowest BCUT2D eigenvalue weighted by atomic mass is 9.94. The Morgan fingerprint density at radius 2 is 1.92 bits per heavy atom. The maximum absolute atomic E-state index is 10.8. The number of aromatic carboxylic acids is 1. The number of hydrogen-bond acceptors (Lipinski definition) is 2. The van der Waals surface area contributed by atoms with E-state index in [4.69, 9.17) is 16.7 Å². The summed E-state index contributed by atoms with van der Waals surface area (Å²) in [5.41, 5.74) is 2.06. The summed E-state index contributed by atoms with van der Waals surface area (Å²) in [5.74, 6) is -0.838. The van der Waals surface area contributed by atoms with E-state index in [0.29, 0.717) is 9.21 Å². The van der Waals surface area contributed by atoms with Crippen molar-refractivity contribution in [1.29, 1.82) is 0 Å². The fourth-order valence-corrected chi connectivity index (χ4v) is 3.16. The molecule has 0 aliphatic heterocycles. The molecule has 1 aliphatic carbocycles. The van der Waals surface area contributed by atoms with Gasteiger partial charge in [-0.1, -0.05) is 11.6 Å². The van der Waals surface area contributed by atoms with Crippen LogP contribution in [0.1, 0.15) is 33.6 Å². The summed E-state index contributed by atoms with van der Waals surface area (Å²) in [6, 6.07) is 0. The van der Waals surface area contributed by atoms with Crippen LogP contribution >= 0.6 is 22.9 Å². The van der Waals surface area contributed by atoms with Crippen molar-refractivity contribution in [3.8, 4) is 0 Å². The number of carboxylic acid groups (broad SMARTS) is 1. The highest BCUT2D eigenvalue weighted by molar-refractivity contribution is 7.18. The Bertz CT molecular complexity index is 357. The maximum Gasteiger partial charge on any atom is 0.346 e. The number of halogens is 1. The molecule has 0 saturated carbocycles. The molecule has 70 valence electrons. The maximum atomic E-state index is 10.8. The number of thiophene rings is 1. The first kappa shape index (κ1) is 9.03. The minimum atomic E-state index is -0.838. The van der Waals surface area contributed by atoms with Gasteiger partial charge in [0.2, 0.25) is 0 Å². The highest BCUT2D eigenvalue weighted by Crippen LogP contribution is 2.37. The van der Waals surface area contributed by atoms with Gasteiger partial charge in [-0.05, 0) is 36.8 Å². The number of carboxylic acids is 1. The first-order valence-corrected chi connectivity index (χ1v) is 5.43. The third-order valence-corrected chi connectivity index (χ3v) is 3.88. The summed E-state index contributed by atoms with van der Waals surface area (Å²) in [5, 5.41) is 8.91. The summed E-state index contributed by atoms with van der Waals surface area (Å²) in [6.07, 6.45) is 4.03. The average Bonchev–Trinajstić information content (AvgIpc) is 2.45. The third kappa shape index (κ3) is 1.46. The van der Waals surface area contributed by atoms with Gasteiger partial charge in [-0.3, -0.25) is 0 Å². The van der Waals surface area contributed by atoms with Crippen LogP contribution in [0, 0.1) is 0 Å². The fraction of sp³-hybridized carbons (Fsp3) is 0.444. The van der Waals surface area contributed by atoms with Gasteiger partial charge in [0.05, 0.1) is 4.34 Å². The monoisotopic (exact) mass is 216 g/mol. The molecule has 0 aromatic carbocycles. The average molecular weight is 217 g/mol. The van der Waals surface area contributed by atoms with Crippen molar-refractivity contribution in [1.82, 2.24) is 0 Å². The lowest BCUT2D eigenvalue weighted by Gasteiger charge is -2.11. The van der Waals surface area contributed by atoms with Gasteiger partial charge in [0.15, 0.2) is 0 Å². The van der Waals surface area contributed by atoms with Crippen LogP contribution in [0.15, 0.2) is 0 Å². The Labute approximate surface area is 85.1 Å². The van der Waals surface area contributed by atoms with Crippen LogP contribution in [-0.2, 0) is 12.8 Å². The van der Waals surface area contributed by atoms with Crippen molar-refractivity contribution in [3.05, 3.63) is 20.3 Å². The molecule has 2 rings (SSSR count). The Morgan fingerprint density at radius 1 is 1.31 bits per heavy atom. The third-order valence-electron chi connectivity index (χ3n) is 2.37. The van der Waals surface area contributed by atoms with Gasteiger partial charge >= 0.3 is 5.97 Å². The molecule has 1 aromatic rings. The number of hydrogen-bond donors (Lipinski definition) is 1. The van der Waals surface area contributed by atoms with Gasteiger partial charge in [-0.25, -0.2) is 4.79 Å². The van der Waals surface area contributed by atoms with Crippen molar-refractivity contribution in [3.63, 3.8) is 0 Å². The SMILES string of the molecule is O=C(O)c1sc(Cl)c2c1CCCC2. The van der Waals surface area contributed by atoms with Gasteiger partial charge in [0, 0.05) is 0 Å². The summed E-state index contributed by atoms with van der Waals surface area (Å²) in [4.78, 5) is 11.3. The summed E-state index contributed by atoms with van der Waals surface area (Å²) >= 11 is 7.17. The normalized spacial score (nSPS) is 15.5. The molecule has 1 aliphatic rings. The van der Waals surface area contributed by atoms with Crippen LogP contribution in [-0.4, -0.2) is 11.1 Å². The largest absolute Gasteiger partial charge is 0.477 e. The smallest absolute Gasteiger partial charge is 0.346 e. The molecule has 1 heterocycles. The number of fused-ring (bicyclic) bond motifs is 1. The van der Waals surface area contributed by atoms with Crippen molar-refractivity contribution < 1.29 is 9.90 Å². The van der Waals surface area contributed by atoms with Crippen LogP contribution < -0.4 is 0 Å². The molecule has 0 spiro atoms. The molecule has 0 unspecified atom stereocenters. The van der Waals surface area contributed by atoms with E-state index in [0.717, 1.165) is 36.8 Å². The second-order valence-electron chi connectivity index (χ2n) is 3.17. The van der Waals surface area contributed by atoms with Crippen LogP contribution in [0.25, 0.3) is 0 Å². The Kier molecular flexibility index (Phi) is 2.30. The zero-order valence-electron chi connectivity index (χ0n) is 6.97.